The van der Waals surface area contributed by atoms with E-state index in [4.69, 9.17) is 11.6 Å². The SMILES string of the molecule is Cc1cc(Cl)c2[nH]c(=O)ccc2c1Br. The second-order valence-electron chi connectivity index (χ2n) is 3.10. The minimum absolute atomic E-state index is 0.143. The van der Waals surface area contributed by atoms with Crippen LogP contribution in [0.3, 0.4) is 0 Å². The van der Waals surface area contributed by atoms with Crippen LogP contribution in [0.4, 0.5) is 0 Å². The Kier molecular flexibility index (Phi) is 2.37. The quantitative estimate of drug-likeness (QED) is 0.784. The number of aromatic nitrogens is 1. The summed E-state index contributed by atoms with van der Waals surface area (Å²) in [5.74, 6) is 0. The van der Waals surface area contributed by atoms with Crippen molar-refractivity contribution in [1.82, 2.24) is 4.98 Å². The molecule has 1 heterocycles. The number of H-pyrrole nitrogens is 1. The third kappa shape index (κ3) is 1.47. The molecular weight excluding hydrogens is 265 g/mol. The van der Waals surface area contributed by atoms with Gasteiger partial charge in [0.2, 0.25) is 5.56 Å². The van der Waals surface area contributed by atoms with Crippen LogP contribution in [0.2, 0.25) is 5.02 Å². The highest BCUT2D eigenvalue weighted by Crippen LogP contribution is 2.30. The average Bonchev–Trinajstić information content (AvgIpc) is 2.14. The third-order valence-corrected chi connectivity index (χ3v) is 3.43. The lowest BCUT2D eigenvalue weighted by atomic mass is 10.1. The number of aryl methyl sites for hydroxylation is 1. The lowest BCUT2D eigenvalue weighted by molar-refractivity contribution is 1.30. The Morgan fingerprint density at radius 1 is 1.43 bits per heavy atom. The molecule has 0 unspecified atom stereocenters. The van der Waals surface area contributed by atoms with Crippen molar-refractivity contribution in [2.45, 2.75) is 6.92 Å². The van der Waals surface area contributed by atoms with Crippen molar-refractivity contribution < 1.29 is 0 Å². The Bertz CT molecular complexity index is 562. The maximum absolute atomic E-state index is 11.1. The summed E-state index contributed by atoms with van der Waals surface area (Å²) in [7, 11) is 0. The van der Waals surface area contributed by atoms with Gasteiger partial charge in [-0.15, -0.1) is 0 Å². The second-order valence-corrected chi connectivity index (χ2v) is 4.30. The van der Waals surface area contributed by atoms with E-state index in [2.05, 4.69) is 20.9 Å². The first kappa shape index (κ1) is 9.74. The molecule has 2 rings (SSSR count). The van der Waals surface area contributed by atoms with Gasteiger partial charge >= 0.3 is 0 Å². The van der Waals surface area contributed by atoms with Crippen LogP contribution >= 0.6 is 27.5 Å². The van der Waals surface area contributed by atoms with Crippen molar-refractivity contribution in [2.24, 2.45) is 0 Å². The van der Waals surface area contributed by atoms with Gasteiger partial charge in [-0.3, -0.25) is 4.79 Å². The summed E-state index contributed by atoms with van der Waals surface area (Å²) in [6.07, 6.45) is 0. The number of benzene rings is 1. The normalized spacial score (nSPS) is 10.8. The monoisotopic (exact) mass is 271 g/mol. The zero-order valence-corrected chi connectivity index (χ0v) is 9.74. The minimum atomic E-state index is -0.143. The topological polar surface area (TPSA) is 32.9 Å². The van der Waals surface area contributed by atoms with Crippen molar-refractivity contribution in [2.75, 3.05) is 0 Å². The van der Waals surface area contributed by atoms with Gasteiger partial charge < -0.3 is 4.98 Å². The molecule has 0 spiro atoms. The summed E-state index contributed by atoms with van der Waals surface area (Å²) in [4.78, 5) is 13.8. The van der Waals surface area contributed by atoms with E-state index in [0.717, 1.165) is 15.4 Å². The summed E-state index contributed by atoms with van der Waals surface area (Å²) < 4.78 is 0.966. The van der Waals surface area contributed by atoms with E-state index in [-0.39, 0.29) is 5.56 Å². The van der Waals surface area contributed by atoms with Gasteiger partial charge in [0.15, 0.2) is 0 Å². The second kappa shape index (κ2) is 3.41. The number of rotatable bonds is 0. The van der Waals surface area contributed by atoms with Gasteiger partial charge in [0.1, 0.15) is 0 Å². The molecule has 1 aromatic carbocycles. The smallest absolute Gasteiger partial charge is 0.248 e. The van der Waals surface area contributed by atoms with E-state index in [1.807, 2.05) is 13.0 Å². The highest BCUT2D eigenvalue weighted by molar-refractivity contribution is 9.10. The molecule has 0 aliphatic heterocycles. The Hall–Kier alpha value is -0.800. The van der Waals surface area contributed by atoms with Crippen molar-refractivity contribution in [1.29, 1.82) is 0 Å². The van der Waals surface area contributed by atoms with Crippen LogP contribution < -0.4 is 5.56 Å². The first-order valence-electron chi connectivity index (χ1n) is 4.07. The number of hydrogen-bond acceptors (Lipinski definition) is 1. The van der Waals surface area contributed by atoms with Gasteiger partial charge in [0.25, 0.3) is 0 Å². The van der Waals surface area contributed by atoms with E-state index in [9.17, 15) is 4.79 Å². The molecule has 0 bridgehead atoms. The zero-order chi connectivity index (χ0) is 10.3. The number of hydrogen-bond donors (Lipinski definition) is 1. The maximum atomic E-state index is 11.1. The van der Waals surface area contributed by atoms with E-state index < -0.39 is 0 Å². The number of aromatic amines is 1. The minimum Gasteiger partial charge on any atom is -0.321 e. The molecule has 2 nitrogen and oxygen atoms in total. The molecule has 1 N–H and O–H groups in total. The number of fused-ring (bicyclic) bond motifs is 1. The summed E-state index contributed by atoms with van der Waals surface area (Å²) >= 11 is 9.47. The number of halogens is 2. The van der Waals surface area contributed by atoms with E-state index >= 15 is 0 Å². The molecule has 0 fully saturated rings. The predicted octanol–water partition coefficient (Wildman–Crippen LogP) is 3.25. The van der Waals surface area contributed by atoms with E-state index in [0.29, 0.717) is 10.5 Å². The summed E-state index contributed by atoms with van der Waals surface area (Å²) in [6.45, 7) is 1.96. The third-order valence-electron chi connectivity index (χ3n) is 2.08. The van der Waals surface area contributed by atoms with Crippen LogP contribution in [0, 0.1) is 6.92 Å². The molecule has 0 saturated carbocycles. The van der Waals surface area contributed by atoms with Crippen LogP contribution in [-0.4, -0.2) is 4.98 Å². The average molecular weight is 273 g/mol. The van der Waals surface area contributed by atoms with Gasteiger partial charge in [-0.05, 0) is 40.5 Å². The molecule has 0 atom stereocenters. The Labute approximate surface area is 94.0 Å². The lowest BCUT2D eigenvalue weighted by Gasteiger charge is -2.05. The molecule has 0 aliphatic rings. The first-order chi connectivity index (χ1) is 6.59. The van der Waals surface area contributed by atoms with Crippen LogP contribution in [0.1, 0.15) is 5.56 Å². The fourth-order valence-electron chi connectivity index (χ4n) is 1.38. The zero-order valence-electron chi connectivity index (χ0n) is 7.40. The fraction of sp³-hybridized carbons (Fsp3) is 0.100. The van der Waals surface area contributed by atoms with Crippen molar-refractivity contribution in [3.05, 3.63) is 43.6 Å². The van der Waals surface area contributed by atoms with Gasteiger partial charge in [0, 0.05) is 15.9 Å². The van der Waals surface area contributed by atoms with E-state index in [1.54, 1.807) is 6.07 Å². The Morgan fingerprint density at radius 2 is 2.14 bits per heavy atom. The summed E-state index contributed by atoms with van der Waals surface area (Å²) in [6, 6.07) is 5.07. The summed E-state index contributed by atoms with van der Waals surface area (Å²) in [5, 5.41) is 1.49. The standard InChI is InChI=1S/C10H7BrClNO/c1-5-4-7(12)10-6(9(5)11)2-3-8(14)13-10/h2-4H,1H3,(H,13,14). The molecule has 0 aliphatic carbocycles. The molecule has 1 aromatic heterocycles. The Balaban J connectivity index is 3.02. The van der Waals surface area contributed by atoms with Gasteiger partial charge in [-0.25, -0.2) is 0 Å². The number of pyridine rings is 1. The van der Waals surface area contributed by atoms with Crippen molar-refractivity contribution >= 4 is 38.4 Å². The summed E-state index contributed by atoms with van der Waals surface area (Å²) in [5.41, 5.74) is 1.58. The van der Waals surface area contributed by atoms with Gasteiger partial charge in [0.05, 0.1) is 10.5 Å². The largest absolute Gasteiger partial charge is 0.321 e. The molecule has 72 valence electrons. The highest BCUT2D eigenvalue weighted by Gasteiger charge is 2.06. The fourth-order valence-corrected chi connectivity index (χ4v) is 2.14. The van der Waals surface area contributed by atoms with Crippen molar-refractivity contribution in [3.63, 3.8) is 0 Å². The maximum Gasteiger partial charge on any atom is 0.248 e. The lowest BCUT2D eigenvalue weighted by Crippen LogP contribution is -2.03. The molecule has 2 aromatic rings. The van der Waals surface area contributed by atoms with Crippen LogP contribution in [0.5, 0.6) is 0 Å². The predicted molar refractivity (Wildman–Crippen MR) is 62.0 cm³/mol. The first-order valence-corrected chi connectivity index (χ1v) is 5.24. The highest BCUT2D eigenvalue weighted by atomic mass is 79.9. The van der Waals surface area contributed by atoms with Crippen LogP contribution in [0.15, 0.2) is 27.5 Å². The Morgan fingerprint density at radius 3 is 2.86 bits per heavy atom. The van der Waals surface area contributed by atoms with Crippen LogP contribution in [-0.2, 0) is 0 Å². The molecule has 0 saturated heterocycles. The van der Waals surface area contributed by atoms with Gasteiger partial charge in [-0.1, -0.05) is 11.6 Å². The molecule has 0 radical (unpaired) electrons. The van der Waals surface area contributed by atoms with Crippen LogP contribution in [0.25, 0.3) is 10.9 Å². The molecule has 4 heteroatoms. The molecule has 0 amide bonds. The van der Waals surface area contributed by atoms with Crippen molar-refractivity contribution in [3.8, 4) is 0 Å². The molecular formula is C10H7BrClNO. The number of nitrogens with one attached hydrogen (secondary N) is 1. The molecule has 14 heavy (non-hydrogen) atoms. The van der Waals surface area contributed by atoms with Gasteiger partial charge in [-0.2, -0.15) is 0 Å². The van der Waals surface area contributed by atoms with E-state index in [1.165, 1.54) is 6.07 Å².